The normalized spacial score (nSPS) is 11.8. The molecule has 96 valence electrons. The van der Waals surface area contributed by atoms with E-state index in [1.165, 1.54) is 12.1 Å². The SMILES string of the molecule is NCc1cc(-c2ccc(C(F)(F)F)c(Br)c2)no1. The Hall–Kier alpha value is -1.34. The Kier molecular flexibility index (Phi) is 3.45. The molecule has 0 saturated heterocycles. The van der Waals surface area contributed by atoms with Crippen molar-refractivity contribution in [2.24, 2.45) is 5.73 Å². The fourth-order valence-electron chi connectivity index (χ4n) is 1.45. The summed E-state index contributed by atoms with van der Waals surface area (Å²) in [6, 6.07) is 5.28. The second-order valence-electron chi connectivity index (χ2n) is 3.57. The standard InChI is InChI=1S/C11H8BrF3N2O/c12-9-3-6(1-2-8(9)11(13,14)15)10-4-7(5-16)18-17-10/h1-4H,5,16H2. The van der Waals surface area contributed by atoms with Gasteiger partial charge in [0.05, 0.1) is 12.1 Å². The van der Waals surface area contributed by atoms with Crippen LogP contribution in [0.25, 0.3) is 11.3 Å². The lowest BCUT2D eigenvalue weighted by atomic mass is 10.1. The minimum Gasteiger partial charge on any atom is -0.359 e. The Bertz CT molecular complexity index is 566. The lowest BCUT2D eigenvalue weighted by molar-refractivity contribution is -0.138. The van der Waals surface area contributed by atoms with E-state index in [9.17, 15) is 13.2 Å². The zero-order valence-corrected chi connectivity index (χ0v) is 10.5. The maximum Gasteiger partial charge on any atom is 0.417 e. The molecule has 18 heavy (non-hydrogen) atoms. The van der Waals surface area contributed by atoms with Gasteiger partial charge in [-0.2, -0.15) is 13.2 Å². The van der Waals surface area contributed by atoms with Gasteiger partial charge in [0.25, 0.3) is 0 Å². The van der Waals surface area contributed by atoms with Crippen molar-refractivity contribution in [3.8, 4) is 11.3 Å². The van der Waals surface area contributed by atoms with Crippen LogP contribution in [0.4, 0.5) is 13.2 Å². The number of hydrogen-bond donors (Lipinski definition) is 1. The van der Waals surface area contributed by atoms with Gasteiger partial charge in [-0.1, -0.05) is 27.2 Å². The number of alkyl halides is 3. The highest BCUT2D eigenvalue weighted by atomic mass is 79.9. The summed E-state index contributed by atoms with van der Waals surface area (Å²) in [7, 11) is 0. The quantitative estimate of drug-likeness (QED) is 0.920. The third-order valence-electron chi connectivity index (χ3n) is 2.33. The maximum atomic E-state index is 12.6. The monoisotopic (exact) mass is 320 g/mol. The van der Waals surface area contributed by atoms with Crippen LogP contribution in [0.3, 0.4) is 0 Å². The molecule has 0 radical (unpaired) electrons. The van der Waals surface area contributed by atoms with Gasteiger partial charge in [-0.25, -0.2) is 0 Å². The van der Waals surface area contributed by atoms with E-state index in [0.29, 0.717) is 17.0 Å². The van der Waals surface area contributed by atoms with Gasteiger partial charge in [0.15, 0.2) is 5.76 Å². The third-order valence-corrected chi connectivity index (χ3v) is 2.99. The van der Waals surface area contributed by atoms with Gasteiger partial charge in [-0.15, -0.1) is 0 Å². The van der Waals surface area contributed by atoms with E-state index in [2.05, 4.69) is 21.1 Å². The van der Waals surface area contributed by atoms with Crippen molar-refractivity contribution in [2.75, 3.05) is 0 Å². The van der Waals surface area contributed by atoms with E-state index >= 15 is 0 Å². The fourth-order valence-corrected chi connectivity index (χ4v) is 2.05. The van der Waals surface area contributed by atoms with Gasteiger partial charge in [0.1, 0.15) is 5.69 Å². The topological polar surface area (TPSA) is 52.0 Å². The van der Waals surface area contributed by atoms with Gasteiger partial charge in [-0.3, -0.25) is 0 Å². The summed E-state index contributed by atoms with van der Waals surface area (Å²) in [6.45, 7) is 0.189. The first-order chi connectivity index (χ1) is 8.41. The smallest absolute Gasteiger partial charge is 0.359 e. The van der Waals surface area contributed by atoms with Crippen molar-refractivity contribution in [3.63, 3.8) is 0 Å². The molecule has 0 fully saturated rings. The third kappa shape index (κ3) is 2.56. The first-order valence-corrected chi connectivity index (χ1v) is 5.74. The molecular formula is C11H8BrF3N2O. The molecule has 0 aliphatic rings. The van der Waals surface area contributed by atoms with E-state index in [1.54, 1.807) is 6.07 Å². The number of rotatable bonds is 2. The zero-order valence-electron chi connectivity index (χ0n) is 8.96. The van der Waals surface area contributed by atoms with Crippen molar-refractivity contribution in [3.05, 3.63) is 40.1 Å². The van der Waals surface area contributed by atoms with Crippen LogP contribution in [0.2, 0.25) is 0 Å². The maximum absolute atomic E-state index is 12.6. The van der Waals surface area contributed by atoms with Gasteiger partial charge in [0.2, 0.25) is 0 Å². The minimum absolute atomic E-state index is 0.0372. The highest BCUT2D eigenvalue weighted by Crippen LogP contribution is 2.36. The molecule has 0 spiro atoms. The molecule has 0 aliphatic heterocycles. The van der Waals surface area contributed by atoms with Crippen LogP contribution in [-0.2, 0) is 12.7 Å². The van der Waals surface area contributed by atoms with Crippen LogP contribution in [0.15, 0.2) is 33.3 Å². The molecule has 0 aliphatic carbocycles. The molecule has 0 atom stereocenters. The Labute approximate surface area is 109 Å². The van der Waals surface area contributed by atoms with Crippen LogP contribution in [0.5, 0.6) is 0 Å². The van der Waals surface area contributed by atoms with Crippen LogP contribution >= 0.6 is 15.9 Å². The molecule has 1 aromatic carbocycles. The summed E-state index contributed by atoms with van der Waals surface area (Å²) in [6.07, 6.45) is -4.39. The molecular weight excluding hydrogens is 313 g/mol. The van der Waals surface area contributed by atoms with Crippen molar-refractivity contribution >= 4 is 15.9 Å². The first-order valence-electron chi connectivity index (χ1n) is 4.94. The summed E-state index contributed by atoms with van der Waals surface area (Å²) in [5.74, 6) is 0.473. The number of halogens is 4. The molecule has 0 unspecified atom stereocenters. The molecule has 0 saturated carbocycles. The summed E-state index contributed by atoms with van der Waals surface area (Å²) in [5.41, 5.74) is 5.61. The lowest BCUT2D eigenvalue weighted by Gasteiger charge is -2.09. The Morgan fingerprint density at radius 2 is 2.00 bits per heavy atom. The second-order valence-corrected chi connectivity index (χ2v) is 4.43. The average Bonchev–Trinajstić information content (AvgIpc) is 2.75. The number of nitrogens with two attached hydrogens (primary N) is 1. The van der Waals surface area contributed by atoms with Crippen LogP contribution in [0.1, 0.15) is 11.3 Å². The van der Waals surface area contributed by atoms with Gasteiger partial charge in [-0.05, 0) is 12.1 Å². The average molecular weight is 321 g/mol. The summed E-state index contributed by atoms with van der Waals surface area (Å²) < 4.78 is 42.5. The Morgan fingerprint density at radius 3 is 2.50 bits per heavy atom. The lowest BCUT2D eigenvalue weighted by Crippen LogP contribution is -2.05. The molecule has 2 aromatic rings. The van der Waals surface area contributed by atoms with E-state index in [4.69, 9.17) is 10.3 Å². The molecule has 2 N–H and O–H groups in total. The first kappa shape index (κ1) is 13.1. The predicted molar refractivity (Wildman–Crippen MR) is 62.5 cm³/mol. The summed E-state index contributed by atoms with van der Waals surface area (Å²) >= 11 is 2.90. The van der Waals surface area contributed by atoms with Crippen molar-refractivity contribution in [1.29, 1.82) is 0 Å². The van der Waals surface area contributed by atoms with Crippen molar-refractivity contribution in [2.45, 2.75) is 12.7 Å². The Balaban J connectivity index is 2.40. The highest BCUT2D eigenvalue weighted by Gasteiger charge is 2.32. The molecule has 3 nitrogen and oxygen atoms in total. The molecule has 2 rings (SSSR count). The van der Waals surface area contributed by atoms with E-state index < -0.39 is 11.7 Å². The molecule has 7 heteroatoms. The van der Waals surface area contributed by atoms with Crippen molar-refractivity contribution in [1.82, 2.24) is 5.16 Å². The molecule has 0 bridgehead atoms. The summed E-state index contributed by atoms with van der Waals surface area (Å²) in [4.78, 5) is 0. The number of hydrogen-bond acceptors (Lipinski definition) is 3. The van der Waals surface area contributed by atoms with Crippen LogP contribution < -0.4 is 5.73 Å². The molecule has 1 heterocycles. The van der Waals surface area contributed by atoms with Gasteiger partial charge < -0.3 is 10.3 Å². The number of nitrogens with zero attached hydrogens (tertiary/aromatic N) is 1. The zero-order chi connectivity index (χ0) is 13.3. The minimum atomic E-state index is -4.39. The predicted octanol–water partition coefficient (Wildman–Crippen LogP) is 3.58. The van der Waals surface area contributed by atoms with Crippen LogP contribution in [0, 0.1) is 0 Å². The van der Waals surface area contributed by atoms with E-state index in [0.717, 1.165) is 6.07 Å². The highest BCUT2D eigenvalue weighted by molar-refractivity contribution is 9.10. The molecule has 0 amide bonds. The fraction of sp³-hybridized carbons (Fsp3) is 0.182. The summed E-state index contributed by atoms with van der Waals surface area (Å²) in [5, 5.41) is 3.73. The second kappa shape index (κ2) is 4.74. The van der Waals surface area contributed by atoms with Crippen molar-refractivity contribution < 1.29 is 17.7 Å². The van der Waals surface area contributed by atoms with E-state index in [-0.39, 0.29) is 11.0 Å². The Morgan fingerprint density at radius 1 is 1.28 bits per heavy atom. The largest absolute Gasteiger partial charge is 0.417 e. The van der Waals surface area contributed by atoms with Gasteiger partial charge >= 0.3 is 6.18 Å². The van der Waals surface area contributed by atoms with E-state index in [1.807, 2.05) is 0 Å². The van der Waals surface area contributed by atoms with Crippen LogP contribution in [-0.4, -0.2) is 5.16 Å². The number of aromatic nitrogens is 1. The van der Waals surface area contributed by atoms with Gasteiger partial charge in [0, 0.05) is 16.1 Å². The molecule has 1 aromatic heterocycles. The number of benzene rings is 1.